The first-order valence-electron chi connectivity index (χ1n) is 19.8. The second-order valence-electron chi connectivity index (χ2n) is 16.7. The molecule has 6 bridgehead atoms. The summed E-state index contributed by atoms with van der Waals surface area (Å²) in [6.07, 6.45) is 5.05. The van der Waals surface area contributed by atoms with Crippen molar-refractivity contribution in [1.82, 2.24) is 19.8 Å². The SMILES string of the molecule is CC[C@H]1CN(C)[C@H]2Cc3c([nH]c4ccccc34)[C@@H](c3cc4c5c([nH]c4cc3OC)[C@]3(C(=O)OC)C[C@H]4C[C@H](CC)[C@@H]3N(CC5)[C@@H]4O)C[C@@H]1[C@@H]2C(=O)OC. The smallest absolute Gasteiger partial charge is 0.319 e. The molecule has 11 atom stereocenters. The fourth-order valence-electron chi connectivity index (χ4n) is 12.4. The number of aromatic amines is 2. The quantitative estimate of drug-likeness (QED) is 0.211. The van der Waals surface area contributed by atoms with Crippen LogP contribution in [0.2, 0.25) is 0 Å². The van der Waals surface area contributed by atoms with E-state index in [4.69, 9.17) is 14.2 Å². The molecule has 4 aliphatic heterocycles. The molecule has 10 nitrogen and oxygen atoms in total. The molecule has 0 radical (unpaired) electrons. The lowest BCUT2D eigenvalue weighted by Gasteiger charge is -2.59. The van der Waals surface area contributed by atoms with E-state index in [1.54, 1.807) is 7.11 Å². The van der Waals surface area contributed by atoms with Gasteiger partial charge in [0.25, 0.3) is 0 Å². The average molecular weight is 723 g/mol. The van der Waals surface area contributed by atoms with Gasteiger partial charge in [-0.1, -0.05) is 44.9 Å². The summed E-state index contributed by atoms with van der Waals surface area (Å²) < 4.78 is 17.6. The van der Waals surface area contributed by atoms with Gasteiger partial charge in [-0.25, -0.2) is 0 Å². The van der Waals surface area contributed by atoms with Crippen molar-refractivity contribution in [2.24, 2.45) is 29.6 Å². The topological polar surface area (TPSA) is 120 Å². The lowest BCUT2D eigenvalue weighted by Crippen LogP contribution is -2.70. The summed E-state index contributed by atoms with van der Waals surface area (Å²) in [7, 11) is 6.94. The second kappa shape index (κ2) is 12.9. The fraction of sp³-hybridized carbons (Fsp3) is 0.581. The van der Waals surface area contributed by atoms with Crippen molar-refractivity contribution < 1.29 is 28.9 Å². The highest BCUT2D eigenvalue weighted by Gasteiger charge is 2.65. The molecular weight excluding hydrogens is 668 g/mol. The molecule has 6 aliphatic rings. The van der Waals surface area contributed by atoms with Crippen LogP contribution in [0.15, 0.2) is 36.4 Å². The van der Waals surface area contributed by atoms with E-state index in [1.165, 1.54) is 30.9 Å². The van der Waals surface area contributed by atoms with Gasteiger partial charge in [-0.2, -0.15) is 0 Å². The minimum atomic E-state index is -0.897. The van der Waals surface area contributed by atoms with Crippen LogP contribution in [0.1, 0.15) is 79.9 Å². The highest BCUT2D eigenvalue weighted by Crippen LogP contribution is 2.58. The number of nitrogens with zero attached hydrogens (tertiary/aromatic N) is 2. The van der Waals surface area contributed by atoms with Crippen molar-refractivity contribution in [3.8, 4) is 5.75 Å². The number of aromatic nitrogens is 2. The molecule has 3 N–H and O–H groups in total. The number of ether oxygens (including phenoxy) is 3. The maximum absolute atomic E-state index is 14.3. The fourth-order valence-corrected chi connectivity index (χ4v) is 12.4. The number of aliphatic hydroxyl groups excluding tert-OH is 1. The molecule has 4 fully saturated rings. The lowest BCUT2D eigenvalue weighted by atomic mass is 9.56. The molecule has 10 rings (SSSR count). The zero-order valence-corrected chi connectivity index (χ0v) is 31.9. The minimum absolute atomic E-state index is 0.00510. The Kier molecular flexibility index (Phi) is 8.48. The van der Waals surface area contributed by atoms with Gasteiger partial charge in [-0.05, 0) is 80.2 Å². The van der Waals surface area contributed by atoms with Crippen molar-refractivity contribution in [1.29, 1.82) is 0 Å². The van der Waals surface area contributed by atoms with Gasteiger partial charge in [0, 0.05) is 81.8 Å². The number of methoxy groups -OCH3 is 3. The molecule has 2 aliphatic carbocycles. The third kappa shape index (κ3) is 4.87. The Labute approximate surface area is 311 Å². The maximum Gasteiger partial charge on any atom is 0.319 e. The first kappa shape index (κ1) is 34.9. The summed E-state index contributed by atoms with van der Waals surface area (Å²) in [5.41, 5.74) is 6.74. The van der Waals surface area contributed by atoms with Gasteiger partial charge in [-0.3, -0.25) is 14.5 Å². The number of esters is 2. The van der Waals surface area contributed by atoms with E-state index >= 15 is 0 Å². The number of benzene rings is 2. The van der Waals surface area contributed by atoms with Gasteiger partial charge in [0.2, 0.25) is 0 Å². The third-order valence-corrected chi connectivity index (χ3v) is 14.7. The summed E-state index contributed by atoms with van der Waals surface area (Å²) in [5, 5.41) is 13.8. The number of rotatable bonds is 6. The van der Waals surface area contributed by atoms with Crippen molar-refractivity contribution in [2.75, 3.05) is 41.5 Å². The Hall–Kier alpha value is -3.86. The predicted octanol–water partition coefficient (Wildman–Crippen LogP) is 5.89. The van der Waals surface area contributed by atoms with Crippen LogP contribution in [0.5, 0.6) is 5.75 Å². The van der Waals surface area contributed by atoms with Crippen LogP contribution >= 0.6 is 0 Å². The normalized spacial score (nSPS) is 34.8. The molecule has 10 heteroatoms. The highest BCUT2D eigenvalue weighted by molar-refractivity contribution is 5.93. The molecule has 6 heterocycles. The molecule has 1 saturated carbocycles. The number of carbonyl (C=O) groups is 2. The van der Waals surface area contributed by atoms with E-state index in [2.05, 4.69) is 77.1 Å². The van der Waals surface area contributed by atoms with Gasteiger partial charge in [0.05, 0.1) is 27.2 Å². The van der Waals surface area contributed by atoms with Crippen molar-refractivity contribution in [3.63, 3.8) is 0 Å². The summed E-state index contributed by atoms with van der Waals surface area (Å²) in [6.45, 7) is 6.05. The van der Waals surface area contributed by atoms with Crippen LogP contribution in [0.4, 0.5) is 0 Å². The molecule has 4 aromatic rings. The van der Waals surface area contributed by atoms with Crippen molar-refractivity contribution >= 4 is 33.7 Å². The Morgan fingerprint density at radius 3 is 2.49 bits per heavy atom. The predicted molar refractivity (Wildman–Crippen MR) is 203 cm³/mol. The number of hydrogen-bond acceptors (Lipinski definition) is 8. The number of carbonyl (C=O) groups excluding carboxylic acids is 2. The molecule has 53 heavy (non-hydrogen) atoms. The highest BCUT2D eigenvalue weighted by atomic mass is 16.5. The molecule has 1 unspecified atom stereocenters. The first-order chi connectivity index (χ1) is 25.7. The first-order valence-corrected chi connectivity index (χ1v) is 19.8. The van der Waals surface area contributed by atoms with E-state index in [0.717, 1.165) is 77.6 Å². The number of H-pyrrole nitrogens is 2. The van der Waals surface area contributed by atoms with E-state index < -0.39 is 11.6 Å². The molecule has 2 aromatic carbocycles. The van der Waals surface area contributed by atoms with Gasteiger partial charge >= 0.3 is 11.9 Å². The number of likely N-dealkylation sites (tertiary alicyclic amines) is 1. The van der Waals surface area contributed by atoms with Crippen LogP contribution in [0.25, 0.3) is 21.8 Å². The van der Waals surface area contributed by atoms with Crippen LogP contribution in [-0.2, 0) is 37.3 Å². The van der Waals surface area contributed by atoms with E-state index in [0.29, 0.717) is 25.3 Å². The molecular formula is C43H54N4O6. The molecule has 0 amide bonds. The van der Waals surface area contributed by atoms with Crippen molar-refractivity contribution in [3.05, 3.63) is 64.5 Å². The van der Waals surface area contributed by atoms with Gasteiger partial charge < -0.3 is 34.2 Å². The number of hydrogen-bond donors (Lipinski definition) is 3. The van der Waals surface area contributed by atoms with Crippen molar-refractivity contribution in [2.45, 2.75) is 88.4 Å². The van der Waals surface area contributed by atoms with Gasteiger partial charge in [0.15, 0.2) is 0 Å². The summed E-state index contributed by atoms with van der Waals surface area (Å²) in [6, 6.07) is 12.8. The average Bonchev–Trinajstić information content (AvgIpc) is 3.69. The molecule has 0 spiro atoms. The maximum atomic E-state index is 14.3. The molecule has 282 valence electrons. The van der Waals surface area contributed by atoms with Crippen LogP contribution in [0.3, 0.4) is 0 Å². The Bertz CT molecular complexity index is 2090. The summed E-state index contributed by atoms with van der Waals surface area (Å²) >= 11 is 0. The van der Waals surface area contributed by atoms with E-state index in [9.17, 15) is 14.7 Å². The van der Waals surface area contributed by atoms with Crippen LogP contribution < -0.4 is 4.74 Å². The van der Waals surface area contributed by atoms with Crippen LogP contribution in [0, 0.1) is 29.6 Å². The third-order valence-electron chi connectivity index (χ3n) is 14.7. The molecule has 2 aromatic heterocycles. The van der Waals surface area contributed by atoms with Gasteiger partial charge in [0.1, 0.15) is 17.4 Å². The number of nitrogens with one attached hydrogen (secondary N) is 2. The Morgan fingerprint density at radius 1 is 0.962 bits per heavy atom. The largest absolute Gasteiger partial charge is 0.496 e. The minimum Gasteiger partial charge on any atom is -0.496 e. The van der Waals surface area contributed by atoms with E-state index in [1.807, 2.05) is 0 Å². The molecule has 3 saturated heterocycles. The zero-order valence-electron chi connectivity index (χ0n) is 31.9. The number of fused-ring (bicyclic) bond motifs is 9. The zero-order chi connectivity index (χ0) is 36.9. The Morgan fingerprint density at radius 2 is 1.75 bits per heavy atom. The summed E-state index contributed by atoms with van der Waals surface area (Å²) in [5.74, 6) is 0.822. The Balaban J connectivity index is 1.27. The summed E-state index contributed by atoms with van der Waals surface area (Å²) in [4.78, 5) is 40.4. The van der Waals surface area contributed by atoms with Crippen LogP contribution in [-0.4, -0.2) is 96.6 Å². The second-order valence-corrected chi connectivity index (χ2v) is 16.7. The number of aliphatic hydroxyl groups is 1. The standard InChI is InChI=1S/C43H54N4O6/c1-7-22-15-24-20-43(42(50)53-6)38-26(13-14-47(39(22)43)40(24)48)28-17-29(35(51-4)19-33(28)45-38)30-16-27-23(8-2)21-46(3)34(36(27)41(49)52-5)18-31-25-11-9-10-12-32(25)44-37(30)31/h9-12,17,19,22-24,27,30,34,36,39-40,44-45,48H,7-8,13-16,18,20-21H2,1-6H3/t22-,23-,24+,27-,30+,34-,36-,39-,40+,43+/m0/s1. The van der Waals surface area contributed by atoms with Gasteiger partial charge in [-0.15, -0.1) is 0 Å². The monoisotopic (exact) mass is 722 g/mol. The van der Waals surface area contributed by atoms with E-state index in [-0.39, 0.29) is 53.6 Å². The number of piperidine rings is 3. The number of para-hydroxylation sites is 1. The lowest BCUT2D eigenvalue weighted by molar-refractivity contribution is -0.196. The number of likely N-dealkylation sites (N-methyl/N-ethyl adjacent to an activating group) is 1.